The summed E-state index contributed by atoms with van der Waals surface area (Å²) in [6.45, 7) is 2.01. The summed E-state index contributed by atoms with van der Waals surface area (Å²) < 4.78 is 2.01. The van der Waals surface area contributed by atoms with Gasteiger partial charge in [0.15, 0.2) is 0 Å². The van der Waals surface area contributed by atoms with Crippen LogP contribution in [0.25, 0.3) is 5.69 Å². The summed E-state index contributed by atoms with van der Waals surface area (Å²) in [4.78, 5) is 0.739. The van der Waals surface area contributed by atoms with Gasteiger partial charge in [-0.05, 0) is 31.2 Å². The minimum atomic E-state index is -0.0396. The van der Waals surface area contributed by atoms with E-state index in [-0.39, 0.29) is 23.9 Å². The standard InChI is InChI=1S/C17H15N3O2S.ClH/c1-12-11-23-17(20(12)14-5-3-2-4-6-14)19-18-10-13-7-8-15(21)9-16(13)22;/h2-11,21-22H,1H3;1H/b18-10+,19-17+;. The smallest absolute Gasteiger partial charge is 0.215 e. The highest BCUT2D eigenvalue weighted by Gasteiger charge is 2.03. The molecule has 2 N–H and O–H groups in total. The fourth-order valence-electron chi connectivity index (χ4n) is 2.14. The predicted octanol–water partition coefficient (Wildman–Crippen LogP) is 3.62. The van der Waals surface area contributed by atoms with Gasteiger partial charge in [-0.1, -0.05) is 18.2 Å². The van der Waals surface area contributed by atoms with Crippen molar-refractivity contribution < 1.29 is 10.2 Å². The molecule has 7 heteroatoms. The van der Waals surface area contributed by atoms with Crippen molar-refractivity contribution in [2.24, 2.45) is 10.2 Å². The van der Waals surface area contributed by atoms with Crippen LogP contribution >= 0.6 is 23.7 Å². The number of para-hydroxylation sites is 1. The number of hydrogen-bond acceptors (Lipinski definition) is 5. The molecule has 124 valence electrons. The molecule has 0 saturated carbocycles. The van der Waals surface area contributed by atoms with Gasteiger partial charge < -0.3 is 10.2 Å². The SMILES string of the molecule is Cc1cs/c(=N/N=C/c2ccc(O)cc2O)n1-c1ccccc1.Cl. The Kier molecular flexibility index (Phi) is 5.78. The highest BCUT2D eigenvalue weighted by molar-refractivity contribution is 7.07. The zero-order valence-corrected chi connectivity index (χ0v) is 14.5. The average molecular weight is 362 g/mol. The number of aromatic hydroxyl groups is 2. The number of hydrogen-bond donors (Lipinski definition) is 2. The molecule has 5 nitrogen and oxygen atoms in total. The molecule has 0 radical (unpaired) electrons. The Bertz CT molecular complexity index is 917. The van der Waals surface area contributed by atoms with Crippen molar-refractivity contribution in [2.75, 3.05) is 0 Å². The Morgan fingerprint density at radius 2 is 1.83 bits per heavy atom. The van der Waals surface area contributed by atoms with Gasteiger partial charge in [0.05, 0.1) is 6.21 Å². The molecule has 0 saturated heterocycles. The first-order valence-corrected chi connectivity index (χ1v) is 7.85. The fraction of sp³-hybridized carbons (Fsp3) is 0.0588. The predicted molar refractivity (Wildman–Crippen MR) is 98.6 cm³/mol. The molecule has 0 unspecified atom stereocenters. The molecule has 0 fully saturated rings. The number of nitrogens with zero attached hydrogens (tertiary/aromatic N) is 3. The topological polar surface area (TPSA) is 70.1 Å². The van der Waals surface area contributed by atoms with Crippen molar-refractivity contribution in [3.8, 4) is 17.2 Å². The number of aromatic nitrogens is 1. The lowest BCUT2D eigenvalue weighted by molar-refractivity contribution is 0.450. The first kappa shape index (κ1) is 17.8. The summed E-state index contributed by atoms with van der Waals surface area (Å²) in [5, 5.41) is 29.3. The maximum atomic E-state index is 9.73. The second-order valence-corrected chi connectivity index (χ2v) is 5.75. The van der Waals surface area contributed by atoms with Gasteiger partial charge in [-0.3, -0.25) is 4.57 Å². The Balaban J connectivity index is 0.00000208. The average Bonchev–Trinajstić information content (AvgIpc) is 2.91. The lowest BCUT2D eigenvalue weighted by Gasteiger charge is -2.04. The van der Waals surface area contributed by atoms with E-state index in [2.05, 4.69) is 10.2 Å². The van der Waals surface area contributed by atoms with Crippen molar-refractivity contribution in [2.45, 2.75) is 6.92 Å². The van der Waals surface area contributed by atoms with Crippen LogP contribution in [-0.2, 0) is 0 Å². The largest absolute Gasteiger partial charge is 0.508 e. The maximum Gasteiger partial charge on any atom is 0.215 e. The summed E-state index contributed by atoms with van der Waals surface area (Å²) in [5.74, 6) is -0.0327. The van der Waals surface area contributed by atoms with E-state index in [0.717, 1.165) is 16.2 Å². The van der Waals surface area contributed by atoms with Crippen molar-refractivity contribution >= 4 is 30.0 Å². The van der Waals surface area contributed by atoms with Crippen LogP contribution in [0.1, 0.15) is 11.3 Å². The van der Waals surface area contributed by atoms with Crippen LogP contribution in [0.4, 0.5) is 0 Å². The molecule has 0 bridgehead atoms. The third-order valence-corrected chi connectivity index (χ3v) is 4.18. The van der Waals surface area contributed by atoms with Gasteiger partial charge in [0.2, 0.25) is 4.80 Å². The molecule has 0 aliphatic rings. The number of thiazole rings is 1. The van der Waals surface area contributed by atoms with Crippen molar-refractivity contribution in [3.05, 3.63) is 70.0 Å². The molecule has 3 aromatic rings. The number of phenolic OH excluding ortho intramolecular Hbond substituents is 2. The van der Waals surface area contributed by atoms with E-state index >= 15 is 0 Å². The first-order valence-electron chi connectivity index (χ1n) is 6.97. The van der Waals surface area contributed by atoms with E-state index in [9.17, 15) is 10.2 Å². The molecule has 2 aromatic carbocycles. The summed E-state index contributed by atoms with van der Waals surface area (Å²) in [6.07, 6.45) is 1.46. The highest BCUT2D eigenvalue weighted by atomic mass is 35.5. The van der Waals surface area contributed by atoms with Crippen molar-refractivity contribution in [3.63, 3.8) is 0 Å². The van der Waals surface area contributed by atoms with Crippen LogP contribution in [0.15, 0.2) is 64.1 Å². The van der Waals surface area contributed by atoms with Crippen LogP contribution in [0.2, 0.25) is 0 Å². The molecular weight excluding hydrogens is 346 g/mol. The van der Waals surface area contributed by atoms with Crippen LogP contribution in [-0.4, -0.2) is 21.0 Å². The Morgan fingerprint density at radius 3 is 2.54 bits per heavy atom. The number of aryl methyl sites for hydroxylation is 1. The number of rotatable bonds is 3. The quantitative estimate of drug-likeness (QED) is 0.552. The Labute approximate surface area is 149 Å². The minimum Gasteiger partial charge on any atom is -0.508 e. The lowest BCUT2D eigenvalue weighted by atomic mass is 10.2. The van der Waals surface area contributed by atoms with Crippen molar-refractivity contribution in [1.82, 2.24) is 4.57 Å². The highest BCUT2D eigenvalue weighted by Crippen LogP contribution is 2.20. The molecule has 1 aromatic heterocycles. The van der Waals surface area contributed by atoms with Crippen molar-refractivity contribution in [1.29, 1.82) is 0 Å². The molecule has 24 heavy (non-hydrogen) atoms. The third-order valence-electron chi connectivity index (χ3n) is 3.25. The van der Waals surface area contributed by atoms with Gasteiger partial charge in [0, 0.05) is 28.4 Å². The summed E-state index contributed by atoms with van der Waals surface area (Å²) in [7, 11) is 0. The molecule has 0 atom stereocenters. The van der Waals surface area contributed by atoms with E-state index in [1.54, 1.807) is 6.07 Å². The van der Waals surface area contributed by atoms with E-state index < -0.39 is 0 Å². The summed E-state index contributed by atoms with van der Waals surface area (Å²) >= 11 is 1.49. The first-order chi connectivity index (χ1) is 11.1. The lowest BCUT2D eigenvalue weighted by Crippen LogP contribution is -2.13. The van der Waals surface area contributed by atoms with Gasteiger partial charge in [-0.2, -0.15) is 5.10 Å². The monoisotopic (exact) mass is 361 g/mol. The molecular formula is C17H16ClN3O2S. The second-order valence-electron chi connectivity index (χ2n) is 4.92. The molecule has 0 amide bonds. The van der Waals surface area contributed by atoms with Gasteiger partial charge in [-0.15, -0.1) is 28.8 Å². The Morgan fingerprint density at radius 1 is 1.08 bits per heavy atom. The Hall–Kier alpha value is -2.57. The summed E-state index contributed by atoms with van der Waals surface area (Å²) in [6, 6.07) is 14.3. The van der Waals surface area contributed by atoms with Crippen LogP contribution in [0, 0.1) is 6.92 Å². The third kappa shape index (κ3) is 3.84. The van der Waals surface area contributed by atoms with E-state index in [4.69, 9.17) is 0 Å². The molecule has 0 aliphatic carbocycles. The zero-order valence-electron chi connectivity index (χ0n) is 12.8. The van der Waals surface area contributed by atoms with Gasteiger partial charge >= 0.3 is 0 Å². The number of phenols is 2. The normalized spacial score (nSPS) is 11.6. The molecule has 1 heterocycles. The second kappa shape index (κ2) is 7.81. The zero-order chi connectivity index (χ0) is 16.2. The number of benzene rings is 2. The maximum absolute atomic E-state index is 9.73. The van der Waals surface area contributed by atoms with Crippen LogP contribution in [0.3, 0.4) is 0 Å². The van der Waals surface area contributed by atoms with Gasteiger partial charge in [0.1, 0.15) is 11.5 Å². The number of halogens is 1. The molecule has 0 spiro atoms. The molecule has 0 aliphatic heterocycles. The van der Waals surface area contributed by atoms with Gasteiger partial charge in [0.25, 0.3) is 0 Å². The van der Waals surface area contributed by atoms with Crippen LogP contribution in [0.5, 0.6) is 11.5 Å². The van der Waals surface area contributed by atoms with Gasteiger partial charge in [-0.25, -0.2) is 0 Å². The summed E-state index contributed by atoms with van der Waals surface area (Å²) in [5.41, 5.74) is 2.58. The van der Waals surface area contributed by atoms with E-state index in [0.29, 0.717) is 5.56 Å². The minimum absolute atomic E-state index is 0. The fourth-order valence-corrected chi connectivity index (χ4v) is 2.97. The molecule has 3 rings (SSSR count). The van der Waals surface area contributed by atoms with Crippen LogP contribution < -0.4 is 4.80 Å². The van der Waals surface area contributed by atoms with E-state index in [1.165, 1.54) is 29.7 Å². The van der Waals surface area contributed by atoms with E-state index in [1.807, 2.05) is 47.2 Å².